The van der Waals surface area contributed by atoms with Gasteiger partial charge in [-0.1, -0.05) is 30.5 Å². The Bertz CT molecular complexity index is 947. The molecule has 2 heterocycles. The van der Waals surface area contributed by atoms with Crippen LogP contribution in [0.2, 0.25) is 5.02 Å². The first-order valence-electron chi connectivity index (χ1n) is 10.7. The Morgan fingerprint density at radius 3 is 2.73 bits per heavy atom. The molecule has 3 aliphatic rings. The van der Waals surface area contributed by atoms with Crippen molar-refractivity contribution >= 4 is 17.4 Å². The summed E-state index contributed by atoms with van der Waals surface area (Å²) in [5.41, 5.74) is 1.07. The van der Waals surface area contributed by atoms with Crippen LogP contribution >= 0.6 is 11.6 Å². The highest BCUT2D eigenvalue weighted by molar-refractivity contribution is 6.30. The maximum Gasteiger partial charge on any atom is 0.231 e. The second kappa shape index (κ2) is 7.88. The van der Waals surface area contributed by atoms with E-state index in [0.717, 1.165) is 42.7 Å². The summed E-state index contributed by atoms with van der Waals surface area (Å²) in [5, 5.41) is 12.1. The maximum absolute atomic E-state index is 13.0. The molecule has 158 valence electrons. The molecular weight excluding hydrogens is 402 g/mol. The van der Waals surface area contributed by atoms with E-state index in [1.807, 2.05) is 12.1 Å². The molecule has 0 bridgehead atoms. The summed E-state index contributed by atoms with van der Waals surface area (Å²) >= 11 is 5.98. The number of ether oxygens (including phenoxy) is 2. The van der Waals surface area contributed by atoms with Crippen molar-refractivity contribution in [2.45, 2.75) is 43.7 Å². The van der Waals surface area contributed by atoms with E-state index in [9.17, 15) is 9.90 Å². The summed E-state index contributed by atoms with van der Waals surface area (Å²) in [5.74, 6) is 1.65. The van der Waals surface area contributed by atoms with Crippen LogP contribution in [0, 0.1) is 5.92 Å². The lowest BCUT2D eigenvalue weighted by Crippen LogP contribution is -2.55. The van der Waals surface area contributed by atoms with Crippen molar-refractivity contribution < 1.29 is 19.4 Å². The molecule has 2 aromatic rings. The Labute approximate surface area is 181 Å². The van der Waals surface area contributed by atoms with Crippen LogP contribution in [0.15, 0.2) is 42.5 Å². The predicted octanol–water partition coefficient (Wildman–Crippen LogP) is 4.62. The number of benzene rings is 2. The van der Waals surface area contributed by atoms with Crippen LogP contribution in [-0.2, 0) is 0 Å². The van der Waals surface area contributed by atoms with Crippen molar-refractivity contribution in [3.05, 3.63) is 58.6 Å². The topological polar surface area (TPSA) is 59.0 Å². The standard InChI is InChI=1S/C24H26ClNO4/c25-18-7-4-16(5-8-18)20(27)14-26-12-11-24(28)10-2-1-3-19(24)23(26)17-6-9-21-22(13-17)30-15-29-21/h4-9,13,19,23,28H,1-3,10-12,14-15H2/t19-,23+,24+/m0/s1. The van der Waals surface area contributed by atoms with Gasteiger partial charge in [-0.3, -0.25) is 9.69 Å². The quantitative estimate of drug-likeness (QED) is 0.721. The third-order valence-corrected chi connectivity index (χ3v) is 7.17. The molecule has 2 aromatic carbocycles. The highest BCUT2D eigenvalue weighted by Crippen LogP contribution is 2.50. The molecule has 2 aliphatic heterocycles. The van der Waals surface area contributed by atoms with Gasteiger partial charge in [0.25, 0.3) is 0 Å². The molecule has 0 unspecified atom stereocenters. The number of ketones is 1. The van der Waals surface area contributed by atoms with Crippen molar-refractivity contribution in [2.24, 2.45) is 5.92 Å². The second-order valence-corrected chi connectivity index (χ2v) is 9.10. The summed E-state index contributed by atoms with van der Waals surface area (Å²) in [6.45, 7) is 1.23. The number of piperidine rings is 1. The molecule has 1 saturated heterocycles. The molecule has 1 aliphatic carbocycles. The van der Waals surface area contributed by atoms with Crippen molar-refractivity contribution in [1.29, 1.82) is 0 Å². The molecule has 0 radical (unpaired) electrons. The fourth-order valence-corrected chi connectivity index (χ4v) is 5.50. The average Bonchev–Trinajstić information content (AvgIpc) is 3.22. The van der Waals surface area contributed by atoms with Gasteiger partial charge < -0.3 is 14.6 Å². The number of Topliss-reactive ketones (excluding diaryl/α,β-unsaturated/α-hetero) is 1. The normalized spacial score (nSPS) is 28.2. The highest BCUT2D eigenvalue weighted by atomic mass is 35.5. The van der Waals surface area contributed by atoms with Gasteiger partial charge in [0.05, 0.1) is 12.1 Å². The van der Waals surface area contributed by atoms with Crippen LogP contribution < -0.4 is 9.47 Å². The zero-order valence-electron chi connectivity index (χ0n) is 16.9. The van der Waals surface area contributed by atoms with Gasteiger partial charge in [0.2, 0.25) is 6.79 Å². The maximum atomic E-state index is 13.0. The molecule has 0 aromatic heterocycles. The minimum atomic E-state index is -0.668. The Morgan fingerprint density at radius 2 is 1.90 bits per heavy atom. The van der Waals surface area contributed by atoms with E-state index in [2.05, 4.69) is 11.0 Å². The Morgan fingerprint density at radius 1 is 1.10 bits per heavy atom. The third kappa shape index (κ3) is 3.59. The number of fused-ring (bicyclic) bond motifs is 2. The summed E-state index contributed by atoms with van der Waals surface area (Å²) in [4.78, 5) is 15.3. The van der Waals surface area contributed by atoms with E-state index in [1.165, 1.54) is 0 Å². The van der Waals surface area contributed by atoms with Crippen molar-refractivity contribution in [3.8, 4) is 11.5 Å². The van der Waals surface area contributed by atoms with E-state index in [-0.39, 0.29) is 24.5 Å². The first-order chi connectivity index (χ1) is 14.5. The minimum Gasteiger partial charge on any atom is -0.454 e. The lowest BCUT2D eigenvalue weighted by atomic mass is 9.66. The van der Waals surface area contributed by atoms with Crippen molar-refractivity contribution in [3.63, 3.8) is 0 Å². The molecule has 5 nitrogen and oxygen atoms in total. The van der Waals surface area contributed by atoms with Gasteiger partial charge in [-0.05, 0) is 61.2 Å². The number of halogens is 1. The smallest absolute Gasteiger partial charge is 0.231 e. The fourth-order valence-electron chi connectivity index (χ4n) is 5.37. The molecule has 6 heteroatoms. The zero-order chi connectivity index (χ0) is 20.7. The summed E-state index contributed by atoms with van der Waals surface area (Å²) < 4.78 is 11.1. The van der Waals surface area contributed by atoms with E-state index in [4.69, 9.17) is 21.1 Å². The SMILES string of the molecule is O=C(CN1CC[C@]2(O)CCCC[C@H]2[C@H]1c1ccc2c(c1)OCO2)c1ccc(Cl)cc1. The second-order valence-electron chi connectivity index (χ2n) is 8.66. The number of likely N-dealkylation sites (tertiary alicyclic amines) is 1. The minimum absolute atomic E-state index is 0.0326. The fraction of sp³-hybridized carbons (Fsp3) is 0.458. The number of hydrogen-bond donors (Lipinski definition) is 1. The predicted molar refractivity (Wildman–Crippen MR) is 114 cm³/mol. The number of carbonyl (C=O) groups excluding carboxylic acids is 1. The molecule has 30 heavy (non-hydrogen) atoms. The summed E-state index contributed by atoms with van der Waals surface area (Å²) in [7, 11) is 0. The molecule has 0 amide bonds. The lowest BCUT2D eigenvalue weighted by Gasteiger charge is -2.52. The van der Waals surface area contributed by atoms with E-state index >= 15 is 0 Å². The molecule has 1 N–H and O–H groups in total. The van der Waals surface area contributed by atoms with Crippen LogP contribution in [0.4, 0.5) is 0 Å². The van der Waals surface area contributed by atoms with Crippen LogP contribution in [0.1, 0.15) is 54.1 Å². The molecule has 3 atom stereocenters. The Balaban J connectivity index is 1.47. The molecule has 5 rings (SSSR count). The zero-order valence-corrected chi connectivity index (χ0v) is 17.6. The number of rotatable bonds is 4. The van der Waals surface area contributed by atoms with E-state index in [1.54, 1.807) is 24.3 Å². The van der Waals surface area contributed by atoms with E-state index in [0.29, 0.717) is 30.1 Å². The number of aliphatic hydroxyl groups is 1. The Kier molecular flexibility index (Phi) is 5.21. The van der Waals surface area contributed by atoms with Gasteiger partial charge in [0, 0.05) is 29.1 Å². The van der Waals surface area contributed by atoms with Gasteiger partial charge in [-0.2, -0.15) is 0 Å². The third-order valence-electron chi connectivity index (χ3n) is 6.92. The van der Waals surface area contributed by atoms with Gasteiger partial charge in [0.1, 0.15) is 0 Å². The van der Waals surface area contributed by atoms with Crippen molar-refractivity contribution in [1.82, 2.24) is 4.90 Å². The number of hydrogen-bond acceptors (Lipinski definition) is 5. The highest BCUT2D eigenvalue weighted by Gasteiger charge is 2.49. The molecule has 1 saturated carbocycles. The first kappa shape index (κ1) is 19.9. The van der Waals surface area contributed by atoms with Gasteiger partial charge in [-0.15, -0.1) is 0 Å². The molecular formula is C24H26ClNO4. The van der Waals surface area contributed by atoms with Crippen LogP contribution in [0.25, 0.3) is 0 Å². The lowest BCUT2D eigenvalue weighted by molar-refractivity contribution is -0.122. The number of nitrogens with zero attached hydrogens (tertiary/aromatic N) is 1. The van der Waals surface area contributed by atoms with Gasteiger partial charge in [-0.25, -0.2) is 0 Å². The first-order valence-corrected chi connectivity index (χ1v) is 11.1. The average molecular weight is 428 g/mol. The largest absolute Gasteiger partial charge is 0.454 e. The monoisotopic (exact) mass is 427 g/mol. The van der Waals surface area contributed by atoms with Gasteiger partial charge >= 0.3 is 0 Å². The molecule has 0 spiro atoms. The van der Waals surface area contributed by atoms with Crippen LogP contribution in [0.3, 0.4) is 0 Å². The Hall–Kier alpha value is -2.08. The van der Waals surface area contributed by atoms with Gasteiger partial charge in [0.15, 0.2) is 17.3 Å². The van der Waals surface area contributed by atoms with E-state index < -0.39 is 5.60 Å². The van der Waals surface area contributed by atoms with Crippen LogP contribution in [0.5, 0.6) is 11.5 Å². The summed E-state index contributed by atoms with van der Waals surface area (Å²) in [6, 6.07) is 13.0. The van der Waals surface area contributed by atoms with Crippen LogP contribution in [-0.4, -0.2) is 41.3 Å². The summed E-state index contributed by atoms with van der Waals surface area (Å²) in [6.07, 6.45) is 4.66. The molecule has 2 fully saturated rings. The number of carbonyl (C=O) groups is 1. The van der Waals surface area contributed by atoms with Crippen molar-refractivity contribution in [2.75, 3.05) is 19.9 Å².